The smallest absolute Gasteiger partial charge is 0.341 e. The summed E-state index contributed by atoms with van der Waals surface area (Å²) < 4.78 is 42.3. The molecule has 0 saturated heterocycles. The number of hydrogen-bond acceptors (Lipinski definition) is 4. The van der Waals surface area contributed by atoms with Gasteiger partial charge in [0.25, 0.3) is 0 Å². The molecule has 1 saturated carbocycles. The van der Waals surface area contributed by atoms with Crippen molar-refractivity contribution in [1.29, 1.82) is 0 Å². The number of benzene rings is 1. The van der Waals surface area contributed by atoms with Gasteiger partial charge in [-0.2, -0.15) is 0 Å². The Kier molecular flexibility index (Phi) is 5.00. The van der Waals surface area contributed by atoms with Crippen LogP contribution in [0, 0.1) is 5.82 Å². The van der Waals surface area contributed by atoms with Crippen LogP contribution in [0.3, 0.4) is 0 Å². The predicted molar refractivity (Wildman–Crippen MR) is 77.8 cm³/mol. The lowest BCUT2D eigenvalue weighted by atomic mass is 9.98. The molecule has 0 aromatic heterocycles. The monoisotopic (exact) mass is 379 g/mol. The molecule has 0 aliphatic heterocycles. The van der Waals surface area contributed by atoms with Gasteiger partial charge >= 0.3 is 5.97 Å². The molecule has 0 atom stereocenters. The van der Waals surface area contributed by atoms with Crippen LogP contribution in [0.5, 0.6) is 0 Å². The maximum Gasteiger partial charge on any atom is 0.341 e. The topological polar surface area (TPSA) is 86.5 Å². The maximum atomic E-state index is 14.2. The first-order valence-corrected chi connectivity index (χ1v) is 8.86. The van der Waals surface area contributed by atoms with E-state index in [2.05, 4.69) is 15.9 Å². The molecule has 1 aliphatic carbocycles. The van der Waals surface area contributed by atoms with Gasteiger partial charge in [0.1, 0.15) is 11.0 Å². The van der Waals surface area contributed by atoms with E-state index in [0.29, 0.717) is 0 Å². The first kappa shape index (κ1) is 16.4. The lowest BCUT2D eigenvalue weighted by molar-refractivity contribution is 0.0205. The number of carbonyl (C=O) groups excluding carboxylic acids is 1. The number of halogens is 2. The molecule has 5 nitrogen and oxygen atoms in total. The first-order valence-electron chi connectivity index (χ1n) is 6.52. The van der Waals surface area contributed by atoms with E-state index < -0.39 is 32.3 Å². The molecule has 0 spiro atoms. The second-order valence-electron chi connectivity index (χ2n) is 4.98. The van der Waals surface area contributed by atoms with E-state index in [1.54, 1.807) is 0 Å². The molecule has 0 radical (unpaired) electrons. The minimum absolute atomic E-state index is 0.239. The zero-order chi connectivity index (χ0) is 15.6. The van der Waals surface area contributed by atoms with Crippen molar-refractivity contribution in [2.45, 2.75) is 43.1 Å². The van der Waals surface area contributed by atoms with E-state index in [1.807, 2.05) is 0 Å². The van der Waals surface area contributed by atoms with Crippen LogP contribution in [0.15, 0.2) is 21.5 Å². The van der Waals surface area contributed by atoms with Gasteiger partial charge in [-0.05, 0) is 37.8 Å². The maximum absolute atomic E-state index is 14.2. The minimum Gasteiger partial charge on any atom is -0.459 e. The van der Waals surface area contributed by atoms with Crippen molar-refractivity contribution in [3.05, 3.63) is 28.0 Å². The van der Waals surface area contributed by atoms with Gasteiger partial charge in [-0.3, -0.25) is 0 Å². The summed E-state index contributed by atoms with van der Waals surface area (Å²) in [4.78, 5) is 11.3. The zero-order valence-electron chi connectivity index (χ0n) is 11.1. The summed E-state index contributed by atoms with van der Waals surface area (Å²) >= 11 is 3.04. The van der Waals surface area contributed by atoms with Crippen LogP contribution < -0.4 is 5.14 Å². The van der Waals surface area contributed by atoms with Crippen LogP contribution in [-0.4, -0.2) is 20.5 Å². The van der Waals surface area contributed by atoms with Crippen molar-refractivity contribution >= 4 is 31.9 Å². The number of esters is 1. The van der Waals surface area contributed by atoms with Crippen LogP contribution >= 0.6 is 15.9 Å². The molecule has 8 heteroatoms. The summed E-state index contributed by atoms with van der Waals surface area (Å²) in [7, 11) is -4.26. The molecule has 0 heterocycles. The van der Waals surface area contributed by atoms with Gasteiger partial charge in [0, 0.05) is 4.47 Å². The largest absolute Gasteiger partial charge is 0.459 e. The number of sulfonamides is 1. The molecule has 1 fully saturated rings. The van der Waals surface area contributed by atoms with Crippen LogP contribution in [0.1, 0.15) is 42.5 Å². The van der Waals surface area contributed by atoms with E-state index in [0.717, 1.165) is 38.2 Å². The Bertz CT molecular complexity index is 656. The third-order valence-electron chi connectivity index (χ3n) is 3.36. The summed E-state index contributed by atoms with van der Waals surface area (Å²) in [6.07, 6.45) is 4.24. The molecule has 2 N–H and O–H groups in total. The summed E-state index contributed by atoms with van der Waals surface area (Å²) in [6, 6.07) is 2.21. The van der Waals surface area contributed by atoms with E-state index >= 15 is 0 Å². The Morgan fingerprint density at radius 3 is 2.48 bits per heavy atom. The molecule has 1 aromatic rings. The third kappa shape index (κ3) is 4.02. The number of ether oxygens (including phenoxy) is 1. The average Bonchev–Trinajstić information content (AvgIpc) is 2.40. The van der Waals surface area contributed by atoms with E-state index in [1.165, 1.54) is 6.07 Å². The molecule has 0 unspecified atom stereocenters. The van der Waals surface area contributed by atoms with Gasteiger partial charge in [-0.15, -0.1) is 0 Å². The Morgan fingerprint density at radius 1 is 1.29 bits per heavy atom. The second-order valence-corrected chi connectivity index (χ2v) is 7.42. The quantitative estimate of drug-likeness (QED) is 0.817. The van der Waals surface area contributed by atoms with Crippen molar-refractivity contribution < 1.29 is 22.3 Å². The highest BCUT2D eigenvalue weighted by molar-refractivity contribution is 9.10. The fourth-order valence-corrected chi connectivity index (χ4v) is 3.58. The Balaban J connectivity index is 2.30. The van der Waals surface area contributed by atoms with Gasteiger partial charge in [0.2, 0.25) is 10.0 Å². The van der Waals surface area contributed by atoms with E-state index in [9.17, 15) is 17.6 Å². The molecule has 1 aromatic carbocycles. The van der Waals surface area contributed by atoms with Gasteiger partial charge in [-0.1, -0.05) is 22.4 Å². The number of hydrogen-bond donors (Lipinski definition) is 1. The Labute approximate surface area is 130 Å². The second kappa shape index (κ2) is 6.41. The average molecular weight is 380 g/mol. The molecule has 2 rings (SSSR count). The lowest BCUT2D eigenvalue weighted by Crippen LogP contribution is -2.23. The van der Waals surface area contributed by atoms with Crippen molar-refractivity contribution in [2.75, 3.05) is 0 Å². The van der Waals surface area contributed by atoms with Crippen molar-refractivity contribution in [1.82, 2.24) is 0 Å². The molecule has 1 aliphatic rings. The fourth-order valence-electron chi connectivity index (χ4n) is 2.32. The summed E-state index contributed by atoms with van der Waals surface area (Å²) in [5, 5.41) is 4.94. The van der Waals surface area contributed by atoms with Gasteiger partial charge in [0.15, 0.2) is 5.82 Å². The highest BCUT2D eigenvalue weighted by Crippen LogP contribution is 2.26. The summed E-state index contributed by atoms with van der Waals surface area (Å²) in [5.41, 5.74) is -0.432. The molecule has 21 heavy (non-hydrogen) atoms. The number of primary sulfonamides is 1. The van der Waals surface area contributed by atoms with Gasteiger partial charge in [-0.25, -0.2) is 22.7 Å². The highest BCUT2D eigenvalue weighted by atomic mass is 79.9. The number of carbonyl (C=O) groups is 1. The van der Waals surface area contributed by atoms with Crippen LogP contribution in [0.4, 0.5) is 4.39 Å². The Morgan fingerprint density at radius 2 is 1.90 bits per heavy atom. The highest BCUT2D eigenvalue weighted by Gasteiger charge is 2.26. The van der Waals surface area contributed by atoms with Crippen molar-refractivity contribution in [2.24, 2.45) is 5.14 Å². The lowest BCUT2D eigenvalue weighted by Gasteiger charge is -2.22. The number of rotatable bonds is 3. The van der Waals surface area contributed by atoms with Crippen molar-refractivity contribution in [3.63, 3.8) is 0 Å². The molecule has 116 valence electrons. The minimum atomic E-state index is -4.26. The third-order valence-corrected chi connectivity index (χ3v) is 4.72. The standard InChI is InChI=1S/C13H15BrFNO4S/c14-8-6-10(12(15)11(7-8)21(16,18)19)13(17)20-9-4-2-1-3-5-9/h6-7,9H,1-5H2,(H2,16,18,19). The zero-order valence-corrected chi connectivity index (χ0v) is 13.5. The molecule has 0 amide bonds. The molecular formula is C13H15BrFNO4S. The van der Waals surface area contributed by atoms with Crippen LogP contribution in [0.25, 0.3) is 0 Å². The van der Waals surface area contributed by atoms with E-state index in [-0.39, 0.29) is 10.6 Å². The molecular weight excluding hydrogens is 365 g/mol. The van der Waals surface area contributed by atoms with Gasteiger partial charge in [0.05, 0.1) is 5.56 Å². The van der Waals surface area contributed by atoms with Crippen LogP contribution in [-0.2, 0) is 14.8 Å². The SMILES string of the molecule is NS(=O)(=O)c1cc(Br)cc(C(=O)OC2CCCCC2)c1F. The van der Waals surface area contributed by atoms with E-state index in [4.69, 9.17) is 9.88 Å². The van der Waals surface area contributed by atoms with Crippen molar-refractivity contribution in [3.8, 4) is 0 Å². The summed E-state index contributed by atoms with van der Waals surface area (Å²) in [5.74, 6) is -2.05. The van der Waals surface area contributed by atoms with Crippen LogP contribution in [0.2, 0.25) is 0 Å². The first-order chi connectivity index (χ1) is 9.79. The molecule has 0 bridgehead atoms. The Hall–Kier alpha value is -0.990. The normalized spacial score (nSPS) is 16.7. The number of nitrogens with two attached hydrogens (primary N) is 1. The summed E-state index contributed by atoms with van der Waals surface area (Å²) in [6.45, 7) is 0. The fraction of sp³-hybridized carbons (Fsp3) is 0.462. The predicted octanol–water partition coefficient (Wildman–Crippen LogP) is 2.73. The van der Waals surface area contributed by atoms with Gasteiger partial charge < -0.3 is 4.74 Å².